The predicted octanol–water partition coefficient (Wildman–Crippen LogP) is 3.67. The van der Waals surface area contributed by atoms with Gasteiger partial charge in [0, 0.05) is 66.7 Å². The Kier molecular flexibility index (Phi) is 6.00. The van der Waals surface area contributed by atoms with E-state index in [1.54, 1.807) is 12.1 Å². The van der Waals surface area contributed by atoms with Gasteiger partial charge in [-0.15, -0.1) is 0 Å². The van der Waals surface area contributed by atoms with Crippen molar-refractivity contribution >= 4 is 28.7 Å². The van der Waals surface area contributed by atoms with E-state index >= 15 is 0 Å². The summed E-state index contributed by atoms with van der Waals surface area (Å²) in [6, 6.07) is 8.28. The Balaban J connectivity index is 1.26. The number of halogens is 2. The molecule has 1 fully saturated rings. The topological polar surface area (TPSA) is 82.7 Å². The zero-order valence-corrected chi connectivity index (χ0v) is 19.3. The van der Waals surface area contributed by atoms with Gasteiger partial charge < -0.3 is 19.5 Å². The van der Waals surface area contributed by atoms with Crippen LogP contribution in [0.1, 0.15) is 44.8 Å². The molecule has 3 aromatic rings. The summed E-state index contributed by atoms with van der Waals surface area (Å²) >= 11 is 0. The van der Waals surface area contributed by atoms with Crippen LogP contribution in [0.4, 0.5) is 8.78 Å². The maximum Gasteiger partial charge on any atom is 0.337 e. The molecule has 2 amide bonds. The molecule has 182 valence electrons. The minimum absolute atomic E-state index is 0.0363. The molecule has 0 atom stereocenters. The van der Waals surface area contributed by atoms with Crippen LogP contribution in [0, 0.1) is 17.6 Å². The first-order chi connectivity index (χ1) is 16.9. The molecule has 35 heavy (non-hydrogen) atoms. The number of amides is 2. The van der Waals surface area contributed by atoms with E-state index in [-0.39, 0.29) is 17.4 Å². The smallest absolute Gasteiger partial charge is 0.337 e. The number of esters is 1. The molecule has 0 radical (unpaired) electrons. The lowest BCUT2D eigenvalue weighted by Crippen LogP contribution is -2.45. The number of carbonyl (C=O) groups is 3. The largest absolute Gasteiger partial charge is 0.465 e. The van der Waals surface area contributed by atoms with Crippen LogP contribution >= 0.6 is 0 Å². The molecular weight excluding hydrogens is 456 g/mol. The van der Waals surface area contributed by atoms with Gasteiger partial charge in [-0.25, -0.2) is 13.6 Å². The monoisotopic (exact) mass is 481 g/mol. The zero-order chi connectivity index (χ0) is 24.7. The third kappa shape index (κ3) is 4.26. The summed E-state index contributed by atoms with van der Waals surface area (Å²) in [7, 11) is 1.34. The molecule has 1 N–H and O–H groups in total. The Bertz CT molecular complexity index is 1330. The average Bonchev–Trinajstić information content (AvgIpc) is 3.24. The van der Waals surface area contributed by atoms with Crippen molar-refractivity contribution in [3.8, 4) is 0 Å². The van der Waals surface area contributed by atoms with Gasteiger partial charge in [-0.1, -0.05) is 0 Å². The molecule has 2 aliphatic heterocycles. The summed E-state index contributed by atoms with van der Waals surface area (Å²) in [5.41, 5.74) is 3.28. The Hall–Kier alpha value is -3.75. The van der Waals surface area contributed by atoms with Crippen LogP contribution in [-0.2, 0) is 22.5 Å². The van der Waals surface area contributed by atoms with E-state index in [1.807, 2.05) is 11.0 Å². The molecule has 3 heterocycles. The zero-order valence-electron chi connectivity index (χ0n) is 19.3. The first kappa shape index (κ1) is 23.0. The second kappa shape index (κ2) is 9.13. The second-order valence-corrected chi connectivity index (χ2v) is 9.03. The number of ether oxygens (including phenoxy) is 1. The van der Waals surface area contributed by atoms with Crippen molar-refractivity contribution < 1.29 is 27.9 Å². The number of aromatic amines is 1. The van der Waals surface area contributed by atoms with Crippen LogP contribution in [0.5, 0.6) is 0 Å². The van der Waals surface area contributed by atoms with Gasteiger partial charge in [0.2, 0.25) is 5.91 Å². The van der Waals surface area contributed by atoms with E-state index in [0.29, 0.717) is 57.1 Å². The van der Waals surface area contributed by atoms with E-state index in [1.165, 1.54) is 12.0 Å². The number of aromatic nitrogens is 1. The minimum Gasteiger partial charge on any atom is -0.465 e. The molecule has 5 rings (SSSR count). The first-order valence-corrected chi connectivity index (χ1v) is 11.6. The number of H-pyrrole nitrogens is 1. The van der Waals surface area contributed by atoms with Gasteiger partial charge in [0.25, 0.3) is 5.91 Å². The van der Waals surface area contributed by atoms with Crippen LogP contribution in [0.3, 0.4) is 0 Å². The highest BCUT2D eigenvalue weighted by atomic mass is 19.1. The summed E-state index contributed by atoms with van der Waals surface area (Å²) in [6.07, 6.45) is 1.65. The van der Waals surface area contributed by atoms with Gasteiger partial charge in [0.1, 0.15) is 11.6 Å². The normalized spacial score (nSPS) is 16.3. The SMILES string of the molecule is COC(=O)c1ccc2[nH]c3c(c2c1)CN(C(=O)C1CCN(C(=O)c2ccc(F)cc2F)CC1)CC3. The van der Waals surface area contributed by atoms with Gasteiger partial charge in [0.05, 0.1) is 18.2 Å². The van der Waals surface area contributed by atoms with E-state index in [2.05, 4.69) is 4.98 Å². The number of rotatable bonds is 3. The van der Waals surface area contributed by atoms with Crippen molar-refractivity contribution in [2.45, 2.75) is 25.8 Å². The maximum absolute atomic E-state index is 14.0. The number of methoxy groups -OCH3 is 1. The minimum atomic E-state index is -0.883. The summed E-state index contributed by atoms with van der Waals surface area (Å²) in [5, 5.41) is 0.905. The number of carbonyl (C=O) groups excluding carboxylic acids is 3. The molecule has 1 aromatic heterocycles. The predicted molar refractivity (Wildman–Crippen MR) is 124 cm³/mol. The molecule has 9 heteroatoms. The highest BCUT2D eigenvalue weighted by molar-refractivity contribution is 5.96. The molecule has 2 aliphatic rings. The average molecular weight is 481 g/mol. The number of likely N-dealkylation sites (tertiary alicyclic amines) is 1. The molecule has 0 unspecified atom stereocenters. The summed E-state index contributed by atoms with van der Waals surface area (Å²) in [6.45, 7) is 1.70. The lowest BCUT2D eigenvalue weighted by atomic mass is 9.93. The van der Waals surface area contributed by atoms with Crippen molar-refractivity contribution in [3.05, 3.63) is 70.4 Å². The summed E-state index contributed by atoms with van der Waals surface area (Å²) in [4.78, 5) is 44.7. The highest BCUT2D eigenvalue weighted by Gasteiger charge is 2.33. The lowest BCUT2D eigenvalue weighted by molar-refractivity contribution is -0.137. The Morgan fingerprint density at radius 1 is 1.00 bits per heavy atom. The summed E-state index contributed by atoms with van der Waals surface area (Å²) < 4.78 is 32.0. The molecule has 0 spiro atoms. The molecule has 7 nitrogen and oxygen atoms in total. The number of nitrogens with one attached hydrogen (secondary N) is 1. The van der Waals surface area contributed by atoms with Crippen LogP contribution in [0.2, 0.25) is 0 Å². The van der Waals surface area contributed by atoms with Gasteiger partial charge in [-0.05, 0) is 43.2 Å². The quantitative estimate of drug-likeness (QED) is 0.579. The fraction of sp³-hybridized carbons (Fsp3) is 0.346. The van der Waals surface area contributed by atoms with E-state index < -0.39 is 23.5 Å². The molecule has 0 bridgehead atoms. The van der Waals surface area contributed by atoms with Crippen LogP contribution < -0.4 is 0 Å². The number of nitrogens with zero attached hydrogens (tertiary/aromatic N) is 2. The lowest BCUT2D eigenvalue weighted by Gasteiger charge is -2.35. The van der Waals surface area contributed by atoms with Crippen molar-refractivity contribution in [1.82, 2.24) is 14.8 Å². The van der Waals surface area contributed by atoms with Gasteiger partial charge >= 0.3 is 5.97 Å². The van der Waals surface area contributed by atoms with Crippen LogP contribution in [0.15, 0.2) is 36.4 Å². The second-order valence-electron chi connectivity index (χ2n) is 9.03. The van der Waals surface area contributed by atoms with Crippen LogP contribution in [0.25, 0.3) is 10.9 Å². The van der Waals surface area contributed by atoms with E-state index in [0.717, 1.165) is 34.3 Å². The number of hydrogen-bond donors (Lipinski definition) is 1. The fourth-order valence-corrected chi connectivity index (χ4v) is 5.07. The third-order valence-electron chi connectivity index (χ3n) is 7.00. The first-order valence-electron chi connectivity index (χ1n) is 11.6. The van der Waals surface area contributed by atoms with Crippen LogP contribution in [-0.4, -0.2) is 59.3 Å². The molecule has 1 saturated heterocycles. The number of piperidine rings is 1. The van der Waals surface area contributed by atoms with Crippen molar-refractivity contribution in [2.24, 2.45) is 5.92 Å². The van der Waals surface area contributed by atoms with Gasteiger partial charge in [-0.2, -0.15) is 0 Å². The third-order valence-corrected chi connectivity index (χ3v) is 7.00. The fourth-order valence-electron chi connectivity index (χ4n) is 5.07. The molecule has 0 aliphatic carbocycles. The van der Waals surface area contributed by atoms with E-state index in [9.17, 15) is 23.2 Å². The number of hydrogen-bond acceptors (Lipinski definition) is 4. The summed E-state index contributed by atoms with van der Waals surface area (Å²) in [5.74, 6) is -2.71. The molecule has 2 aromatic carbocycles. The van der Waals surface area contributed by atoms with Crippen molar-refractivity contribution in [2.75, 3.05) is 26.7 Å². The van der Waals surface area contributed by atoms with Crippen molar-refractivity contribution in [1.29, 1.82) is 0 Å². The Labute approximate surface area is 200 Å². The van der Waals surface area contributed by atoms with Crippen molar-refractivity contribution in [3.63, 3.8) is 0 Å². The number of fused-ring (bicyclic) bond motifs is 3. The van der Waals surface area contributed by atoms with E-state index in [4.69, 9.17) is 4.74 Å². The highest BCUT2D eigenvalue weighted by Crippen LogP contribution is 2.31. The van der Waals surface area contributed by atoms with Gasteiger partial charge in [0.15, 0.2) is 0 Å². The Morgan fingerprint density at radius 2 is 1.77 bits per heavy atom. The standard InChI is InChI=1S/C26H25F2N3O4/c1-35-26(34)16-2-5-22-19(12-16)20-14-31(11-8-23(20)29-22)24(32)15-6-9-30(10-7-15)25(33)18-4-3-17(27)13-21(18)28/h2-5,12-13,15,29H,6-11,14H2,1H3. The molecule has 0 saturated carbocycles. The number of benzene rings is 2. The Morgan fingerprint density at radius 3 is 2.49 bits per heavy atom. The maximum atomic E-state index is 14.0. The molecular formula is C26H25F2N3O4. The van der Waals surface area contributed by atoms with Gasteiger partial charge in [-0.3, -0.25) is 9.59 Å².